The molecule has 108 valence electrons. The quantitative estimate of drug-likeness (QED) is 0.848. The maximum Gasteiger partial charge on any atom is 0.373 e. The second-order valence-corrected chi connectivity index (χ2v) is 5.28. The van der Waals surface area contributed by atoms with Gasteiger partial charge in [0.25, 0.3) is 0 Å². The van der Waals surface area contributed by atoms with Gasteiger partial charge in [0.1, 0.15) is 11.8 Å². The van der Waals surface area contributed by atoms with E-state index in [1.165, 1.54) is 7.11 Å². The molecule has 1 unspecified atom stereocenters. The van der Waals surface area contributed by atoms with Gasteiger partial charge >= 0.3 is 5.97 Å². The number of anilines is 1. The fourth-order valence-corrected chi connectivity index (χ4v) is 2.20. The zero-order valence-electron chi connectivity index (χ0n) is 11.5. The number of carbonyl (C=O) groups excluding carboxylic acids is 1. The Bertz CT molecular complexity index is 703. The summed E-state index contributed by atoms with van der Waals surface area (Å²) in [5.41, 5.74) is 1.22. The lowest BCUT2D eigenvalue weighted by molar-refractivity contribution is 0.0562. The molecule has 0 bridgehead atoms. The van der Waals surface area contributed by atoms with E-state index in [1.54, 1.807) is 18.2 Å². The summed E-state index contributed by atoms with van der Waals surface area (Å²) in [6, 6.07) is 10.6. The maximum absolute atomic E-state index is 11.4. The molecule has 6 heteroatoms. The molecule has 1 aromatic heterocycles. The maximum atomic E-state index is 11.4. The zero-order chi connectivity index (χ0) is 15.4. The van der Waals surface area contributed by atoms with Crippen LogP contribution in [0.1, 0.15) is 34.8 Å². The molecular weight excluding hydrogens is 336 g/mol. The Balaban J connectivity index is 2.18. The lowest BCUT2D eigenvalue weighted by atomic mass is 10.1. The molecule has 0 saturated carbocycles. The number of rotatable bonds is 4. The van der Waals surface area contributed by atoms with Gasteiger partial charge < -0.3 is 14.5 Å². The normalized spacial score (nSPS) is 11.5. The molecule has 0 radical (unpaired) electrons. The average molecular weight is 349 g/mol. The Morgan fingerprint density at radius 2 is 2.19 bits per heavy atom. The van der Waals surface area contributed by atoms with Crippen LogP contribution in [0.15, 0.2) is 39.2 Å². The van der Waals surface area contributed by atoms with Gasteiger partial charge in [-0.25, -0.2) is 4.79 Å². The number of benzene rings is 1. The number of nitrogens with one attached hydrogen (secondary N) is 1. The van der Waals surface area contributed by atoms with Crippen LogP contribution in [0.2, 0.25) is 0 Å². The molecule has 0 spiro atoms. The molecule has 1 atom stereocenters. The molecule has 0 aliphatic carbocycles. The predicted octanol–water partition coefficient (Wildman–Crippen LogP) is 3.87. The SMILES string of the molecule is COC(=O)c1ccc(C(C)Nc2ccc(Br)cc2C#N)o1. The van der Waals surface area contributed by atoms with Gasteiger partial charge in [0.05, 0.1) is 24.4 Å². The molecule has 1 heterocycles. The van der Waals surface area contributed by atoms with E-state index < -0.39 is 5.97 Å². The Kier molecular flexibility index (Phi) is 4.66. The van der Waals surface area contributed by atoms with Crippen LogP contribution in [0.5, 0.6) is 0 Å². The van der Waals surface area contributed by atoms with E-state index in [2.05, 4.69) is 32.1 Å². The molecule has 2 aromatic rings. The predicted molar refractivity (Wildman–Crippen MR) is 80.9 cm³/mol. The summed E-state index contributed by atoms with van der Waals surface area (Å²) < 4.78 is 10.9. The first-order chi connectivity index (χ1) is 10.0. The van der Waals surface area contributed by atoms with Crippen LogP contribution in [0.3, 0.4) is 0 Å². The molecule has 0 aliphatic heterocycles. The largest absolute Gasteiger partial charge is 0.463 e. The summed E-state index contributed by atoms with van der Waals surface area (Å²) in [5, 5.41) is 12.3. The number of methoxy groups -OCH3 is 1. The highest BCUT2D eigenvalue weighted by Gasteiger charge is 2.16. The molecule has 1 aromatic carbocycles. The van der Waals surface area contributed by atoms with Crippen LogP contribution in [-0.4, -0.2) is 13.1 Å². The van der Waals surface area contributed by atoms with Gasteiger partial charge in [0, 0.05) is 4.47 Å². The summed E-state index contributed by atoms with van der Waals surface area (Å²) in [4.78, 5) is 11.4. The first-order valence-electron chi connectivity index (χ1n) is 6.19. The minimum Gasteiger partial charge on any atom is -0.463 e. The lowest BCUT2D eigenvalue weighted by Gasteiger charge is -2.14. The molecule has 0 saturated heterocycles. The highest BCUT2D eigenvalue weighted by Crippen LogP contribution is 2.26. The van der Waals surface area contributed by atoms with Crippen LogP contribution in [0, 0.1) is 11.3 Å². The number of hydrogen-bond donors (Lipinski definition) is 1. The van der Waals surface area contributed by atoms with Crippen LogP contribution in [-0.2, 0) is 4.74 Å². The number of esters is 1. The van der Waals surface area contributed by atoms with Gasteiger partial charge in [0.2, 0.25) is 5.76 Å². The average Bonchev–Trinajstić information content (AvgIpc) is 2.98. The van der Waals surface area contributed by atoms with Crippen LogP contribution in [0.4, 0.5) is 5.69 Å². The van der Waals surface area contributed by atoms with Crippen molar-refractivity contribution in [2.45, 2.75) is 13.0 Å². The van der Waals surface area contributed by atoms with Crippen molar-refractivity contribution in [3.8, 4) is 6.07 Å². The first kappa shape index (κ1) is 15.1. The third-order valence-electron chi connectivity index (χ3n) is 2.91. The Labute approximate surface area is 130 Å². The van der Waals surface area contributed by atoms with E-state index in [0.29, 0.717) is 17.0 Å². The van der Waals surface area contributed by atoms with E-state index in [4.69, 9.17) is 9.68 Å². The Hall–Kier alpha value is -2.26. The van der Waals surface area contributed by atoms with E-state index in [1.807, 2.05) is 19.1 Å². The van der Waals surface area contributed by atoms with Crippen molar-refractivity contribution in [2.24, 2.45) is 0 Å². The molecular formula is C15H13BrN2O3. The summed E-state index contributed by atoms with van der Waals surface area (Å²) in [5.74, 6) is 0.217. The second-order valence-electron chi connectivity index (χ2n) is 4.36. The minimum absolute atomic E-state index is 0.150. The van der Waals surface area contributed by atoms with Crippen molar-refractivity contribution >= 4 is 27.6 Å². The zero-order valence-corrected chi connectivity index (χ0v) is 13.1. The van der Waals surface area contributed by atoms with Gasteiger partial charge in [-0.05, 0) is 37.3 Å². The minimum atomic E-state index is -0.519. The second kappa shape index (κ2) is 6.46. The third kappa shape index (κ3) is 3.44. The Morgan fingerprint density at radius 1 is 1.43 bits per heavy atom. The monoisotopic (exact) mass is 348 g/mol. The number of nitrogens with zero attached hydrogens (tertiary/aromatic N) is 1. The summed E-state index contributed by atoms with van der Waals surface area (Å²) in [7, 11) is 1.30. The van der Waals surface area contributed by atoms with Gasteiger partial charge in [-0.1, -0.05) is 15.9 Å². The van der Waals surface area contributed by atoms with Crippen molar-refractivity contribution < 1.29 is 13.9 Å². The third-order valence-corrected chi connectivity index (χ3v) is 3.41. The molecule has 0 aliphatic rings. The van der Waals surface area contributed by atoms with Gasteiger partial charge in [-0.15, -0.1) is 0 Å². The van der Waals surface area contributed by atoms with Crippen molar-refractivity contribution in [2.75, 3.05) is 12.4 Å². The standard InChI is InChI=1S/C15H13BrN2O3/c1-9(13-5-6-14(21-13)15(19)20-2)18-12-4-3-11(16)7-10(12)8-17/h3-7,9,18H,1-2H3. The summed E-state index contributed by atoms with van der Waals surface area (Å²) >= 11 is 3.33. The first-order valence-corrected chi connectivity index (χ1v) is 6.98. The molecule has 0 fully saturated rings. The van der Waals surface area contributed by atoms with Crippen molar-refractivity contribution in [1.82, 2.24) is 0 Å². The Morgan fingerprint density at radius 3 is 2.86 bits per heavy atom. The smallest absolute Gasteiger partial charge is 0.373 e. The fraction of sp³-hybridized carbons (Fsp3) is 0.200. The van der Waals surface area contributed by atoms with E-state index in [9.17, 15) is 4.79 Å². The van der Waals surface area contributed by atoms with Crippen LogP contribution < -0.4 is 5.32 Å². The number of carbonyl (C=O) groups is 1. The summed E-state index contributed by atoms with van der Waals surface area (Å²) in [6.07, 6.45) is 0. The highest BCUT2D eigenvalue weighted by molar-refractivity contribution is 9.10. The van der Waals surface area contributed by atoms with Crippen molar-refractivity contribution in [1.29, 1.82) is 5.26 Å². The van der Waals surface area contributed by atoms with E-state index >= 15 is 0 Å². The van der Waals surface area contributed by atoms with Gasteiger partial charge in [-0.2, -0.15) is 5.26 Å². The molecule has 1 N–H and O–H groups in total. The molecule has 5 nitrogen and oxygen atoms in total. The molecule has 0 amide bonds. The number of furan rings is 1. The van der Waals surface area contributed by atoms with Crippen molar-refractivity contribution in [3.63, 3.8) is 0 Å². The number of hydrogen-bond acceptors (Lipinski definition) is 5. The van der Waals surface area contributed by atoms with E-state index in [0.717, 1.165) is 4.47 Å². The van der Waals surface area contributed by atoms with Crippen LogP contribution >= 0.6 is 15.9 Å². The highest BCUT2D eigenvalue weighted by atomic mass is 79.9. The number of halogens is 1. The number of nitriles is 1. The number of ether oxygens (including phenoxy) is 1. The molecule has 2 rings (SSSR count). The topological polar surface area (TPSA) is 75.3 Å². The van der Waals surface area contributed by atoms with Gasteiger partial charge in [0.15, 0.2) is 0 Å². The van der Waals surface area contributed by atoms with Crippen LogP contribution in [0.25, 0.3) is 0 Å². The van der Waals surface area contributed by atoms with Crippen molar-refractivity contribution in [3.05, 3.63) is 51.9 Å². The lowest BCUT2D eigenvalue weighted by Crippen LogP contribution is -2.07. The molecule has 21 heavy (non-hydrogen) atoms. The van der Waals surface area contributed by atoms with E-state index in [-0.39, 0.29) is 11.8 Å². The van der Waals surface area contributed by atoms with Gasteiger partial charge in [-0.3, -0.25) is 0 Å². The summed E-state index contributed by atoms with van der Waals surface area (Å²) in [6.45, 7) is 1.88. The fourth-order valence-electron chi connectivity index (χ4n) is 1.84.